The minimum atomic E-state index is 0.487. The van der Waals surface area contributed by atoms with Crippen LogP contribution in [0.5, 0.6) is 5.75 Å². The Kier molecular flexibility index (Phi) is 4.32. The summed E-state index contributed by atoms with van der Waals surface area (Å²) in [5.41, 5.74) is 1.68. The summed E-state index contributed by atoms with van der Waals surface area (Å²) in [5, 5.41) is 3.23. The molecule has 0 aromatic heterocycles. The fraction of sp³-hybridized carbons (Fsp3) is 0.0556. The molecule has 0 atom stereocenters. The van der Waals surface area contributed by atoms with Crippen LogP contribution in [0.1, 0.15) is 5.56 Å². The van der Waals surface area contributed by atoms with E-state index in [2.05, 4.69) is 11.1 Å². The number of hydrogen-bond acceptors (Lipinski definition) is 2. The maximum Gasteiger partial charge on any atom is 0.128 e. The average molecular weight is 330 g/mol. The van der Waals surface area contributed by atoms with E-state index in [9.17, 15) is 0 Å². The fourth-order valence-electron chi connectivity index (χ4n) is 2.29. The zero-order valence-electron chi connectivity index (χ0n) is 11.9. The predicted molar refractivity (Wildman–Crippen MR) is 94.2 cm³/mol. The van der Waals surface area contributed by atoms with E-state index in [4.69, 9.17) is 27.9 Å². The van der Waals surface area contributed by atoms with Gasteiger partial charge in [-0.15, -0.1) is 0 Å². The molecule has 0 unspecified atom stereocenters. The molecule has 0 N–H and O–H groups in total. The van der Waals surface area contributed by atoms with Gasteiger partial charge in [0.25, 0.3) is 0 Å². The van der Waals surface area contributed by atoms with Crippen molar-refractivity contribution in [3.63, 3.8) is 0 Å². The van der Waals surface area contributed by atoms with Crippen LogP contribution in [-0.4, -0.2) is 13.3 Å². The Hall–Kier alpha value is -2.03. The molecule has 3 aromatic carbocycles. The highest BCUT2D eigenvalue weighted by molar-refractivity contribution is 6.42. The van der Waals surface area contributed by atoms with Crippen LogP contribution in [0.25, 0.3) is 10.8 Å². The maximum atomic E-state index is 6.02. The van der Waals surface area contributed by atoms with Crippen LogP contribution in [0.15, 0.2) is 59.6 Å². The van der Waals surface area contributed by atoms with E-state index < -0.39 is 0 Å². The second-order valence-corrected chi connectivity index (χ2v) is 5.57. The van der Waals surface area contributed by atoms with Crippen LogP contribution in [-0.2, 0) is 0 Å². The molecule has 0 bridgehead atoms. The number of halogens is 2. The lowest BCUT2D eigenvalue weighted by Gasteiger charge is -2.08. The molecule has 0 amide bonds. The quantitative estimate of drug-likeness (QED) is 0.547. The normalized spacial score (nSPS) is 11.2. The molecule has 110 valence electrons. The van der Waals surface area contributed by atoms with Crippen molar-refractivity contribution in [1.82, 2.24) is 0 Å². The number of ether oxygens (including phenoxy) is 1. The maximum absolute atomic E-state index is 6.02. The van der Waals surface area contributed by atoms with Gasteiger partial charge in [-0.3, -0.25) is 4.99 Å². The Labute approximate surface area is 139 Å². The molecule has 0 spiro atoms. The van der Waals surface area contributed by atoms with Crippen molar-refractivity contribution < 1.29 is 4.74 Å². The average Bonchev–Trinajstić information content (AvgIpc) is 2.55. The molecule has 3 aromatic rings. The van der Waals surface area contributed by atoms with Crippen LogP contribution in [0.3, 0.4) is 0 Å². The number of methoxy groups -OCH3 is 1. The Morgan fingerprint density at radius 1 is 0.955 bits per heavy atom. The minimum Gasteiger partial charge on any atom is -0.496 e. The first-order valence-electron chi connectivity index (χ1n) is 6.74. The van der Waals surface area contributed by atoms with Crippen molar-refractivity contribution >= 4 is 45.9 Å². The molecular weight excluding hydrogens is 317 g/mol. The molecule has 4 heteroatoms. The third-order valence-electron chi connectivity index (χ3n) is 3.40. The largest absolute Gasteiger partial charge is 0.496 e. The fourth-order valence-corrected chi connectivity index (χ4v) is 2.58. The predicted octanol–water partition coefficient (Wildman–Crippen LogP) is 5.91. The van der Waals surface area contributed by atoms with Crippen LogP contribution in [0.4, 0.5) is 5.69 Å². The molecule has 3 rings (SSSR count). The Morgan fingerprint density at radius 2 is 1.77 bits per heavy atom. The standard InChI is InChI=1S/C18H13Cl2NO/c1-22-18-9-6-12-4-2-3-5-14(12)15(18)11-21-13-7-8-16(19)17(20)10-13/h2-11H,1H3. The molecule has 0 aliphatic rings. The van der Waals surface area contributed by atoms with Gasteiger partial charge in [0.2, 0.25) is 0 Å². The van der Waals surface area contributed by atoms with Crippen molar-refractivity contribution in [3.05, 3.63) is 70.2 Å². The Bertz CT molecular complexity index is 859. The summed E-state index contributed by atoms with van der Waals surface area (Å²) >= 11 is 11.9. The lowest BCUT2D eigenvalue weighted by Crippen LogP contribution is -1.92. The van der Waals surface area contributed by atoms with Gasteiger partial charge in [-0.1, -0.05) is 53.5 Å². The summed E-state index contributed by atoms with van der Waals surface area (Å²) < 4.78 is 5.45. The number of hydrogen-bond donors (Lipinski definition) is 0. The van der Waals surface area contributed by atoms with Crippen LogP contribution in [0.2, 0.25) is 10.0 Å². The third-order valence-corrected chi connectivity index (χ3v) is 4.14. The first-order valence-corrected chi connectivity index (χ1v) is 7.49. The highest BCUT2D eigenvalue weighted by Gasteiger charge is 2.06. The van der Waals surface area contributed by atoms with Crippen molar-refractivity contribution in [2.24, 2.45) is 4.99 Å². The molecule has 0 fully saturated rings. The van der Waals surface area contributed by atoms with Gasteiger partial charge in [-0.25, -0.2) is 0 Å². The van der Waals surface area contributed by atoms with Gasteiger partial charge in [-0.05, 0) is 35.0 Å². The molecular formula is C18H13Cl2NO. The van der Waals surface area contributed by atoms with E-state index in [1.165, 1.54) is 0 Å². The number of benzene rings is 3. The van der Waals surface area contributed by atoms with Crippen LogP contribution in [0, 0.1) is 0 Å². The second kappa shape index (κ2) is 6.39. The highest BCUT2D eigenvalue weighted by Crippen LogP contribution is 2.29. The van der Waals surface area contributed by atoms with E-state index in [0.29, 0.717) is 10.0 Å². The molecule has 22 heavy (non-hydrogen) atoms. The summed E-state index contributed by atoms with van der Waals surface area (Å²) in [7, 11) is 1.65. The van der Waals surface area contributed by atoms with Crippen LogP contribution < -0.4 is 4.74 Å². The lowest BCUT2D eigenvalue weighted by molar-refractivity contribution is 0.415. The number of fused-ring (bicyclic) bond motifs is 1. The van der Waals surface area contributed by atoms with Gasteiger partial charge in [0.1, 0.15) is 5.75 Å². The van der Waals surface area contributed by atoms with E-state index in [-0.39, 0.29) is 0 Å². The SMILES string of the molecule is COc1ccc2ccccc2c1C=Nc1ccc(Cl)c(Cl)c1. The first kappa shape index (κ1) is 14.9. The highest BCUT2D eigenvalue weighted by atomic mass is 35.5. The summed E-state index contributed by atoms with van der Waals surface area (Å²) in [5.74, 6) is 0.780. The van der Waals surface area contributed by atoms with Gasteiger partial charge >= 0.3 is 0 Å². The Morgan fingerprint density at radius 3 is 2.55 bits per heavy atom. The third kappa shape index (κ3) is 2.94. The smallest absolute Gasteiger partial charge is 0.128 e. The number of nitrogens with zero attached hydrogens (tertiary/aromatic N) is 1. The van der Waals surface area contributed by atoms with Crippen molar-refractivity contribution in [2.45, 2.75) is 0 Å². The van der Waals surface area contributed by atoms with Crippen molar-refractivity contribution in [3.8, 4) is 5.75 Å². The molecule has 0 radical (unpaired) electrons. The topological polar surface area (TPSA) is 21.6 Å². The molecule has 0 aliphatic carbocycles. The van der Waals surface area contributed by atoms with Gasteiger partial charge in [-0.2, -0.15) is 0 Å². The van der Waals surface area contributed by atoms with E-state index in [0.717, 1.165) is 27.8 Å². The second-order valence-electron chi connectivity index (χ2n) is 4.76. The first-order chi connectivity index (χ1) is 10.7. The molecule has 2 nitrogen and oxygen atoms in total. The molecule has 0 saturated carbocycles. The Balaban J connectivity index is 2.08. The summed E-state index contributed by atoms with van der Waals surface area (Å²) in [6, 6.07) is 17.4. The van der Waals surface area contributed by atoms with Gasteiger partial charge in [0.05, 0.1) is 22.8 Å². The van der Waals surface area contributed by atoms with E-state index in [1.54, 1.807) is 25.5 Å². The molecule has 0 aliphatic heterocycles. The summed E-state index contributed by atoms with van der Waals surface area (Å²) in [6.07, 6.45) is 1.79. The zero-order valence-corrected chi connectivity index (χ0v) is 13.4. The minimum absolute atomic E-state index is 0.487. The molecule has 0 heterocycles. The van der Waals surface area contributed by atoms with Crippen LogP contribution >= 0.6 is 23.2 Å². The summed E-state index contributed by atoms with van der Waals surface area (Å²) in [6.45, 7) is 0. The van der Waals surface area contributed by atoms with Crippen molar-refractivity contribution in [1.29, 1.82) is 0 Å². The molecule has 0 saturated heterocycles. The van der Waals surface area contributed by atoms with E-state index in [1.807, 2.05) is 36.4 Å². The van der Waals surface area contributed by atoms with E-state index >= 15 is 0 Å². The monoisotopic (exact) mass is 329 g/mol. The number of aliphatic imine (C=N–C) groups is 1. The number of rotatable bonds is 3. The van der Waals surface area contributed by atoms with Gasteiger partial charge in [0.15, 0.2) is 0 Å². The summed E-state index contributed by atoms with van der Waals surface area (Å²) in [4.78, 5) is 4.49. The van der Waals surface area contributed by atoms with Gasteiger partial charge < -0.3 is 4.74 Å². The lowest BCUT2D eigenvalue weighted by atomic mass is 10.0. The van der Waals surface area contributed by atoms with Crippen molar-refractivity contribution in [2.75, 3.05) is 7.11 Å². The zero-order chi connectivity index (χ0) is 15.5. The van der Waals surface area contributed by atoms with Gasteiger partial charge in [0, 0.05) is 11.8 Å².